The lowest BCUT2D eigenvalue weighted by atomic mass is 9.95. The van der Waals surface area contributed by atoms with E-state index >= 15 is 0 Å². The molecular weight excluding hydrogens is 402 g/mol. The number of unbranched alkanes of at least 4 members (excludes halogenated alkanes) is 7. The lowest BCUT2D eigenvalue weighted by Gasteiger charge is -2.29. The predicted octanol–water partition coefficient (Wildman–Crippen LogP) is 7.30. The summed E-state index contributed by atoms with van der Waals surface area (Å²) < 4.78 is 61.7. The summed E-state index contributed by atoms with van der Waals surface area (Å²) in [5, 5.41) is 0. The number of hydrogen-bond donors (Lipinski definition) is 0. The second-order valence-electron chi connectivity index (χ2n) is 6.02. The molecule has 0 spiro atoms. The first-order chi connectivity index (χ1) is 9.52. The lowest BCUT2D eigenvalue weighted by molar-refractivity contribution is -0.285. The molecule has 0 aliphatic heterocycles. The Morgan fingerprint density at radius 3 is 1.62 bits per heavy atom. The number of alkyl halides is 6. The van der Waals surface area contributed by atoms with Gasteiger partial charge in [-0.05, 0) is 6.42 Å². The van der Waals surface area contributed by atoms with Crippen molar-refractivity contribution in [2.24, 2.45) is 0 Å². The summed E-state index contributed by atoms with van der Waals surface area (Å²) >= 11 is 1.74. The van der Waals surface area contributed by atoms with Gasteiger partial charge >= 0.3 is 12.1 Å². The fourth-order valence-electron chi connectivity index (χ4n) is 2.28. The number of halogens is 6. The number of hydrogen-bond acceptors (Lipinski definition) is 0. The zero-order valence-electron chi connectivity index (χ0n) is 12.8. The third-order valence-corrected chi connectivity index (χ3v) is 4.48. The highest BCUT2D eigenvalue weighted by molar-refractivity contribution is 14.1. The molecule has 0 rings (SSSR count). The van der Waals surface area contributed by atoms with Gasteiger partial charge in [0.1, 0.15) is 0 Å². The minimum Gasteiger partial charge on any atom is -0.196 e. The molecule has 0 radical (unpaired) electrons. The Hall–Kier alpha value is 0.380. The fourth-order valence-corrected chi connectivity index (χ4v) is 3.14. The third-order valence-electron chi connectivity index (χ3n) is 3.56. The SMILES string of the molecule is CCCCCCCCCCC(C)(I)CC(F)(F)C(F)(F)F. The Morgan fingerprint density at radius 1 is 0.762 bits per heavy atom. The summed E-state index contributed by atoms with van der Waals surface area (Å²) in [5.74, 6) is -4.59. The van der Waals surface area contributed by atoms with Gasteiger partial charge in [0.05, 0.1) is 0 Å². The Morgan fingerprint density at radius 2 is 1.19 bits per heavy atom. The van der Waals surface area contributed by atoms with Crippen LogP contribution in [-0.2, 0) is 0 Å². The van der Waals surface area contributed by atoms with Crippen LogP contribution in [-0.4, -0.2) is 15.5 Å². The van der Waals surface area contributed by atoms with Gasteiger partial charge in [0.2, 0.25) is 0 Å². The minimum absolute atomic E-state index is 0.397. The van der Waals surface area contributed by atoms with E-state index in [0.29, 0.717) is 12.8 Å². The van der Waals surface area contributed by atoms with Crippen molar-refractivity contribution in [3.63, 3.8) is 0 Å². The highest BCUT2D eigenvalue weighted by Crippen LogP contribution is 2.45. The second-order valence-corrected chi connectivity index (χ2v) is 8.62. The Labute approximate surface area is 138 Å². The summed E-state index contributed by atoms with van der Waals surface area (Å²) in [6, 6.07) is 0. The van der Waals surface area contributed by atoms with Crippen LogP contribution >= 0.6 is 22.6 Å². The minimum atomic E-state index is -5.45. The highest BCUT2D eigenvalue weighted by Gasteiger charge is 2.59. The smallest absolute Gasteiger partial charge is 0.196 e. The van der Waals surface area contributed by atoms with Gasteiger partial charge in [-0.1, -0.05) is 87.8 Å². The first kappa shape index (κ1) is 21.4. The summed E-state index contributed by atoms with van der Waals surface area (Å²) in [4.78, 5) is 0. The van der Waals surface area contributed by atoms with Crippen LogP contribution in [0.4, 0.5) is 22.0 Å². The summed E-state index contributed by atoms with van der Waals surface area (Å²) in [7, 11) is 0. The van der Waals surface area contributed by atoms with Crippen LogP contribution in [0.15, 0.2) is 0 Å². The summed E-state index contributed by atoms with van der Waals surface area (Å²) in [5.41, 5.74) is 0. The van der Waals surface area contributed by atoms with Crippen molar-refractivity contribution in [2.45, 2.75) is 93.6 Å². The van der Waals surface area contributed by atoms with Gasteiger partial charge in [-0.25, -0.2) is 0 Å². The average Bonchev–Trinajstić information content (AvgIpc) is 2.29. The molecule has 0 aromatic carbocycles. The van der Waals surface area contributed by atoms with E-state index in [1.165, 1.54) is 32.6 Å². The van der Waals surface area contributed by atoms with Crippen LogP contribution < -0.4 is 0 Å². The van der Waals surface area contributed by atoms with E-state index in [2.05, 4.69) is 6.92 Å². The van der Waals surface area contributed by atoms with Crippen molar-refractivity contribution >= 4 is 22.6 Å². The van der Waals surface area contributed by atoms with Crippen molar-refractivity contribution < 1.29 is 22.0 Å². The zero-order chi connectivity index (χ0) is 16.6. The molecular formula is C15H26F5I. The van der Waals surface area contributed by atoms with Crippen molar-refractivity contribution in [3.05, 3.63) is 0 Å². The molecule has 21 heavy (non-hydrogen) atoms. The van der Waals surface area contributed by atoms with Crippen LogP contribution in [0, 0.1) is 0 Å². The van der Waals surface area contributed by atoms with Gasteiger partial charge in [-0.3, -0.25) is 0 Å². The third kappa shape index (κ3) is 9.89. The van der Waals surface area contributed by atoms with E-state index in [4.69, 9.17) is 0 Å². The predicted molar refractivity (Wildman–Crippen MR) is 85.3 cm³/mol. The van der Waals surface area contributed by atoms with Gasteiger partial charge in [-0.15, -0.1) is 0 Å². The molecule has 1 unspecified atom stereocenters. The van der Waals surface area contributed by atoms with E-state index in [0.717, 1.165) is 19.3 Å². The normalized spacial score (nSPS) is 16.0. The Bertz CT molecular complexity index is 274. The second kappa shape index (κ2) is 9.50. The van der Waals surface area contributed by atoms with Gasteiger partial charge in [0, 0.05) is 9.84 Å². The fraction of sp³-hybridized carbons (Fsp3) is 1.00. The van der Waals surface area contributed by atoms with Gasteiger partial charge in [-0.2, -0.15) is 22.0 Å². The van der Waals surface area contributed by atoms with Crippen molar-refractivity contribution in [1.29, 1.82) is 0 Å². The monoisotopic (exact) mass is 428 g/mol. The number of rotatable bonds is 11. The Balaban J connectivity index is 3.88. The molecule has 1 atom stereocenters. The first-order valence-electron chi connectivity index (χ1n) is 7.65. The van der Waals surface area contributed by atoms with E-state index in [1.54, 1.807) is 22.6 Å². The first-order valence-corrected chi connectivity index (χ1v) is 8.73. The molecule has 6 heteroatoms. The van der Waals surface area contributed by atoms with Crippen LogP contribution in [0.25, 0.3) is 0 Å². The molecule has 0 aliphatic rings. The molecule has 0 aromatic rings. The van der Waals surface area contributed by atoms with Gasteiger partial charge in [0.25, 0.3) is 0 Å². The van der Waals surface area contributed by atoms with Crippen LogP contribution in [0.3, 0.4) is 0 Å². The maximum absolute atomic E-state index is 13.0. The van der Waals surface area contributed by atoms with Crippen LogP contribution in [0.2, 0.25) is 0 Å². The lowest BCUT2D eigenvalue weighted by Crippen LogP contribution is -2.41. The van der Waals surface area contributed by atoms with E-state index < -0.39 is 21.9 Å². The molecule has 0 aliphatic carbocycles. The van der Waals surface area contributed by atoms with Crippen molar-refractivity contribution in [1.82, 2.24) is 0 Å². The Kier molecular flexibility index (Phi) is 9.68. The standard InChI is InChI=1S/C15H26F5I/c1-3-4-5-6-7-8-9-10-11-13(2,21)12-14(16,17)15(18,19)20/h3-12H2,1-2H3. The molecule has 128 valence electrons. The summed E-state index contributed by atoms with van der Waals surface area (Å²) in [6.07, 6.45) is 2.42. The maximum atomic E-state index is 13.0. The summed E-state index contributed by atoms with van der Waals surface area (Å²) in [6.45, 7) is 3.63. The molecule has 0 nitrogen and oxygen atoms in total. The molecule has 0 aromatic heterocycles. The van der Waals surface area contributed by atoms with Crippen molar-refractivity contribution in [2.75, 3.05) is 0 Å². The van der Waals surface area contributed by atoms with Gasteiger partial charge in [0.15, 0.2) is 0 Å². The van der Waals surface area contributed by atoms with E-state index in [-0.39, 0.29) is 0 Å². The quantitative estimate of drug-likeness (QED) is 0.140. The zero-order valence-corrected chi connectivity index (χ0v) is 15.0. The molecule has 0 saturated heterocycles. The van der Waals surface area contributed by atoms with E-state index in [9.17, 15) is 22.0 Å². The average molecular weight is 428 g/mol. The molecule has 0 saturated carbocycles. The van der Waals surface area contributed by atoms with Crippen LogP contribution in [0.5, 0.6) is 0 Å². The molecule has 0 N–H and O–H groups in total. The van der Waals surface area contributed by atoms with E-state index in [1.807, 2.05) is 0 Å². The highest BCUT2D eigenvalue weighted by atomic mass is 127. The van der Waals surface area contributed by atoms with Gasteiger partial charge < -0.3 is 0 Å². The van der Waals surface area contributed by atoms with Crippen molar-refractivity contribution in [3.8, 4) is 0 Å². The molecule has 0 bridgehead atoms. The maximum Gasteiger partial charge on any atom is 0.453 e. The topological polar surface area (TPSA) is 0 Å². The molecule has 0 fully saturated rings. The molecule has 0 amide bonds. The molecule has 0 heterocycles. The largest absolute Gasteiger partial charge is 0.453 e. The van der Waals surface area contributed by atoms with Crippen LogP contribution in [0.1, 0.15) is 78.1 Å².